The number of ketones is 1. The second-order valence-corrected chi connectivity index (χ2v) is 5.43. The lowest BCUT2D eigenvalue weighted by atomic mass is 9.99. The van der Waals surface area contributed by atoms with Crippen molar-refractivity contribution in [3.05, 3.63) is 35.9 Å². The summed E-state index contributed by atoms with van der Waals surface area (Å²) in [6.45, 7) is 7.33. The first-order valence-electron chi connectivity index (χ1n) is 7.02. The van der Waals surface area contributed by atoms with Gasteiger partial charge in [-0.3, -0.25) is 4.79 Å². The van der Waals surface area contributed by atoms with E-state index in [1.807, 2.05) is 37.3 Å². The van der Waals surface area contributed by atoms with Gasteiger partial charge in [-0.05, 0) is 25.3 Å². The fraction of sp³-hybridized carbons (Fsp3) is 0.562. The standard InChI is InChI=1S/C16H23NO/c1-3-17(12-14-9-10-14)11-13(2)16(18)15-7-5-4-6-8-15/h4-8,13-14H,3,9-12H2,1-2H3. The molecule has 0 saturated heterocycles. The van der Waals surface area contributed by atoms with Gasteiger partial charge in [-0.1, -0.05) is 44.2 Å². The highest BCUT2D eigenvalue weighted by Gasteiger charge is 2.25. The molecule has 0 spiro atoms. The molecule has 2 rings (SSSR count). The number of carbonyl (C=O) groups excluding carboxylic acids is 1. The lowest BCUT2D eigenvalue weighted by molar-refractivity contribution is 0.0894. The number of hydrogen-bond donors (Lipinski definition) is 0. The molecule has 0 heterocycles. The topological polar surface area (TPSA) is 20.3 Å². The van der Waals surface area contributed by atoms with E-state index in [0.29, 0.717) is 0 Å². The Labute approximate surface area is 110 Å². The summed E-state index contributed by atoms with van der Waals surface area (Å²) in [5.41, 5.74) is 0.840. The molecular formula is C16H23NO. The van der Waals surface area contributed by atoms with Crippen molar-refractivity contribution >= 4 is 5.78 Å². The van der Waals surface area contributed by atoms with Crippen molar-refractivity contribution in [3.63, 3.8) is 0 Å². The zero-order valence-corrected chi connectivity index (χ0v) is 11.4. The maximum Gasteiger partial charge on any atom is 0.166 e. The first-order chi connectivity index (χ1) is 8.70. The van der Waals surface area contributed by atoms with Crippen molar-refractivity contribution < 1.29 is 4.79 Å². The van der Waals surface area contributed by atoms with E-state index in [-0.39, 0.29) is 11.7 Å². The molecule has 1 aliphatic carbocycles. The SMILES string of the molecule is CCN(CC1CC1)CC(C)C(=O)c1ccccc1. The zero-order valence-electron chi connectivity index (χ0n) is 11.4. The zero-order chi connectivity index (χ0) is 13.0. The van der Waals surface area contributed by atoms with E-state index in [0.717, 1.165) is 24.6 Å². The summed E-state index contributed by atoms with van der Waals surface area (Å²) in [5, 5.41) is 0. The molecule has 1 aromatic rings. The predicted octanol–water partition coefficient (Wildman–Crippen LogP) is 3.24. The van der Waals surface area contributed by atoms with Gasteiger partial charge in [-0.15, -0.1) is 0 Å². The lowest BCUT2D eigenvalue weighted by Gasteiger charge is -2.23. The van der Waals surface area contributed by atoms with Gasteiger partial charge in [-0.25, -0.2) is 0 Å². The Kier molecular flexibility index (Phi) is 4.54. The van der Waals surface area contributed by atoms with Gasteiger partial charge in [0, 0.05) is 24.6 Å². The fourth-order valence-electron chi connectivity index (χ4n) is 2.36. The average Bonchev–Trinajstić information content (AvgIpc) is 3.22. The minimum Gasteiger partial charge on any atom is -0.303 e. The van der Waals surface area contributed by atoms with E-state index >= 15 is 0 Å². The largest absolute Gasteiger partial charge is 0.303 e. The minimum absolute atomic E-state index is 0.0890. The Balaban J connectivity index is 1.89. The average molecular weight is 245 g/mol. The number of carbonyl (C=O) groups is 1. The van der Waals surface area contributed by atoms with Crippen LogP contribution in [-0.2, 0) is 0 Å². The van der Waals surface area contributed by atoms with Crippen molar-refractivity contribution in [2.24, 2.45) is 11.8 Å². The van der Waals surface area contributed by atoms with Crippen LogP contribution in [0, 0.1) is 11.8 Å². The number of rotatable bonds is 7. The van der Waals surface area contributed by atoms with Gasteiger partial charge >= 0.3 is 0 Å². The van der Waals surface area contributed by atoms with Crippen LogP contribution in [0.15, 0.2) is 30.3 Å². The van der Waals surface area contributed by atoms with Crippen molar-refractivity contribution in [2.45, 2.75) is 26.7 Å². The highest BCUT2D eigenvalue weighted by molar-refractivity contribution is 5.97. The van der Waals surface area contributed by atoms with Crippen LogP contribution in [-0.4, -0.2) is 30.3 Å². The molecule has 1 unspecified atom stereocenters. The molecule has 0 N–H and O–H groups in total. The molecule has 1 atom stereocenters. The maximum absolute atomic E-state index is 12.3. The van der Waals surface area contributed by atoms with Crippen molar-refractivity contribution in [1.29, 1.82) is 0 Å². The fourth-order valence-corrected chi connectivity index (χ4v) is 2.36. The van der Waals surface area contributed by atoms with Crippen LogP contribution in [0.2, 0.25) is 0 Å². The smallest absolute Gasteiger partial charge is 0.166 e. The van der Waals surface area contributed by atoms with E-state index in [1.165, 1.54) is 19.4 Å². The van der Waals surface area contributed by atoms with Crippen molar-refractivity contribution in [3.8, 4) is 0 Å². The van der Waals surface area contributed by atoms with Crippen LogP contribution < -0.4 is 0 Å². The second kappa shape index (κ2) is 6.14. The number of nitrogens with zero attached hydrogens (tertiary/aromatic N) is 1. The summed E-state index contributed by atoms with van der Waals surface area (Å²) in [6.07, 6.45) is 2.75. The van der Waals surface area contributed by atoms with Gasteiger partial charge in [0.15, 0.2) is 5.78 Å². The first kappa shape index (κ1) is 13.3. The first-order valence-corrected chi connectivity index (χ1v) is 7.02. The van der Waals surface area contributed by atoms with Crippen LogP contribution in [0.25, 0.3) is 0 Å². The quantitative estimate of drug-likeness (QED) is 0.687. The maximum atomic E-state index is 12.3. The third-order valence-electron chi connectivity index (χ3n) is 3.70. The Bertz CT molecular complexity index is 383. The summed E-state index contributed by atoms with van der Waals surface area (Å²) in [7, 11) is 0. The number of hydrogen-bond acceptors (Lipinski definition) is 2. The Hall–Kier alpha value is -1.15. The number of benzene rings is 1. The van der Waals surface area contributed by atoms with Crippen LogP contribution >= 0.6 is 0 Å². The van der Waals surface area contributed by atoms with E-state index < -0.39 is 0 Å². The van der Waals surface area contributed by atoms with Crippen molar-refractivity contribution in [2.75, 3.05) is 19.6 Å². The lowest BCUT2D eigenvalue weighted by Crippen LogP contribution is -2.33. The van der Waals surface area contributed by atoms with Gasteiger partial charge < -0.3 is 4.90 Å². The Morgan fingerprint density at radius 2 is 2.00 bits per heavy atom. The van der Waals surface area contributed by atoms with E-state index in [2.05, 4.69) is 11.8 Å². The Morgan fingerprint density at radius 3 is 2.56 bits per heavy atom. The van der Waals surface area contributed by atoms with Gasteiger partial charge in [0.05, 0.1) is 0 Å². The molecule has 0 bridgehead atoms. The molecule has 0 aliphatic heterocycles. The molecule has 0 amide bonds. The molecule has 18 heavy (non-hydrogen) atoms. The van der Waals surface area contributed by atoms with Gasteiger partial charge in [0.25, 0.3) is 0 Å². The summed E-state index contributed by atoms with van der Waals surface area (Å²) >= 11 is 0. The molecule has 2 nitrogen and oxygen atoms in total. The van der Waals surface area contributed by atoms with Gasteiger partial charge in [0.1, 0.15) is 0 Å². The Morgan fingerprint density at radius 1 is 1.33 bits per heavy atom. The highest BCUT2D eigenvalue weighted by Crippen LogP contribution is 2.29. The van der Waals surface area contributed by atoms with Gasteiger partial charge in [0.2, 0.25) is 0 Å². The second-order valence-electron chi connectivity index (χ2n) is 5.43. The molecule has 0 radical (unpaired) electrons. The molecule has 1 fully saturated rings. The predicted molar refractivity (Wildman–Crippen MR) is 74.8 cm³/mol. The molecule has 2 heteroatoms. The minimum atomic E-state index is 0.0890. The molecule has 0 aromatic heterocycles. The summed E-state index contributed by atoms with van der Waals surface area (Å²) in [5.74, 6) is 1.25. The number of Topliss-reactive ketones (excluding diaryl/α,β-unsaturated/α-hetero) is 1. The van der Waals surface area contributed by atoms with Crippen LogP contribution in [0.1, 0.15) is 37.0 Å². The molecule has 98 valence electrons. The van der Waals surface area contributed by atoms with Crippen LogP contribution in [0.5, 0.6) is 0 Å². The third kappa shape index (κ3) is 3.67. The summed E-state index contributed by atoms with van der Waals surface area (Å²) in [4.78, 5) is 14.7. The summed E-state index contributed by atoms with van der Waals surface area (Å²) in [6, 6.07) is 9.64. The third-order valence-corrected chi connectivity index (χ3v) is 3.70. The summed E-state index contributed by atoms with van der Waals surface area (Å²) < 4.78 is 0. The van der Waals surface area contributed by atoms with Crippen LogP contribution in [0.4, 0.5) is 0 Å². The molecule has 1 saturated carbocycles. The monoisotopic (exact) mass is 245 g/mol. The molecule has 1 aliphatic rings. The van der Waals surface area contributed by atoms with Gasteiger partial charge in [-0.2, -0.15) is 0 Å². The van der Waals surface area contributed by atoms with E-state index in [4.69, 9.17) is 0 Å². The molecule has 1 aromatic carbocycles. The normalized spacial score (nSPS) is 16.8. The van der Waals surface area contributed by atoms with E-state index in [1.54, 1.807) is 0 Å². The highest BCUT2D eigenvalue weighted by atomic mass is 16.1. The molecular weight excluding hydrogens is 222 g/mol. The van der Waals surface area contributed by atoms with Crippen molar-refractivity contribution in [1.82, 2.24) is 4.90 Å². The van der Waals surface area contributed by atoms with Crippen LogP contribution in [0.3, 0.4) is 0 Å². The van der Waals surface area contributed by atoms with E-state index in [9.17, 15) is 4.79 Å².